The standard InChI is InChI=1S/C25H22ClN5S/c1-16-14-21(17(2)30(16)20-6-5-12-27-15-20)24-23(22-7-3-4-13-28-22)29-25(32)31(24)19-10-8-18(26)9-11-19/h3-15,23-24H,1-2H3,(H,29,32)/t23-,24+/m1/s1. The number of hydrogen-bond donors (Lipinski definition) is 1. The van der Waals surface area contributed by atoms with Gasteiger partial charge in [-0.2, -0.15) is 0 Å². The predicted octanol–water partition coefficient (Wildman–Crippen LogP) is 5.71. The van der Waals surface area contributed by atoms with Gasteiger partial charge in [0.15, 0.2) is 5.11 Å². The molecule has 1 saturated heterocycles. The molecule has 1 aliphatic rings. The van der Waals surface area contributed by atoms with Crippen LogP contribution < -0.4 is 10.2 Å². The number of thiocarbonyl (C=S) groups is 1. The van der Waals surface area contributed by atoms with Crippen molar-refractivity contribution in [3.05, 3.63) is 107 Å². The van der Waals surface area contributed by atoms with E-state index >= 15 is 0 Å². The first-order valence-electron chi connectivity index (χ1n) is 10.4. The quantitative estimate of drug-likeness (QED) is 0.396. The maximum atomic E-state index is 6.16. The maximum absolute atomic E-state index is 6.16. The first kappa shape index (κ1) is 20.7. The van der Waals surface area contributed by atoms with Gasteiger partial charge in [-0.1, -0.05) is 17.7 Å². The van der Waals surface area contributed by atoms with Crippen LogP contribution in [0.25, 0.3) is 5.69 Å². The Labute approximate surface area is 197 Å². The number of hydrogen-bond acceptors (Lipinski definition) is 3. The summed E-state index contributed by atoms with van der Waals surface area (Å²) in [5.41, 5.74) is 6.44. The van der Waals surface area contributed by atoms with Crippen molar-refractivity contribution in [2.45, 2.75) is 25.9 Å². The Morgan fingerprint density at radius 2 is 1.78 bits per heavy atom. The molecular formula is C25H22ClN5S. The molecule has 2 atom stereocenters. The average Bonchev–Trinajstić information content (AvgIpc) is 3.31. The summed E-state index contributed by atoms with van der Waals surface area (Å²) < 4.78 is 2.24. The lowest BCUT2D eigenvalue weighted by atomic mass is 9.96. The normalized spacial score (nSPS) is 18.1. The molecule has 7 heteroatoms. The molecule has 5 rings (SSSR count). The van der Waals surface area contributed by atoms with Gasteiger partial charge in [0.1, 0.15) is 0 Å². The van der Waals surface area contributed by atoms with Crippen LogP contribution in [0.2, 0.25) is 5.02 Å². The summed E-state index contributed by atoms with van der Waals surface area (Å²) in [6.45, 7) is 4.26. The van der Waals surface area contributed by atoms with Crippen molar-refractivity contribution in [2.24, 2.45) is 0 Å². The highest BCUT2D eigenvalue weighted by Crippen LogP contribution is 2.43. The minimum Gasteiger partial charge on any atom is -0.351 e. The molecule has 0 radical (unpaired) electrons. The molecule has 0 unspecified atom stereocenters. The Kier molecular flexibility index (Phi) is 5.41. The summed E-state index contributed by atoms with van der Waals surface area (Å²) >= 11 is 12.0. The van der Waals surface area contributed by atoms with Crippen molar-refractivity contribution in [1.82, 2.24) is 19.9 Å². The summed E-state index contributed by atoms with van der Waals surface area (Å²) in [6.07, 6.45) is 5.49. The second kappa shape index (κ2) is 8.37. The van der Waals surface area contributed by atoms with Gasteiger partial charge < -0.3 is 14.8 Å². The number of halogens is 1. The van der Waals surface area contributed by atoms with Gasteiger partial charge in [-0.15, -0.1) is 0 Å². The molecule has 1 aliphatic heterocycles. The monoisotopic (exact) mass is 459 g/mol. The summed E-state index contributed by atoms with van der Waals surface area (Å²) in [7, 11) is 0. The number of benzene rings is 1. The Morgan fingerprint density at radius 1 is 0.969 bits per heavy atom. The third-order valence-corrected chi connectivity index (χ3v) is 6.46. The highest BCUT2D eigenvalue weighted by atomic mass is 35.5. The fraction of sp³-hybridized carbons (Fsp3) is 0.160. The summed E-state index contributed by atoms with van der Waals surface area (Å²) in [4.78, 5) is 11.1. The molecule has 32 heavy (non-hydrogen) atoms. The lowest BCUT2D eigenvalue weighted by Crippen LogP contribution is -2.29. The van der Waals surface area contributed by atoms with E-state index in [0.29, 0.717) is 10.1 Å². The van der Waals surface area contributed by atoms with Crippen molar-refractivity contribution >= 4 is 34.6 Å². The van der Waals surface area contributed by atoms with Gasteiger partial charge in [0, 0.05) is 34.5 Å². The molecule has 160 valence electrons. The van der Waals surface area contributed by atoms with E-state index in [1.807, 2.05) is 60.9 Å². The zero-order chi connectivity index (χ0) is 22.2. The third-order valence-electron chi connectivity index (χ3n) is 5.90. The molecule has 1 aromatic carbocycles. The lowest BCUT2D eigenvalue weighted by molar-refractivity contribution is 0.565. The van der Waals surface area contributed by atoms with Crippen LogP contribution in [0.1, 0.15) is 34.7 Å². The number of pyridine rings is 2. The van der Waals surface area contributed by atoms with Crippen molar-refractivity contribution in [1.29, 1.82) is 0 Å². The first-order valence-corrected chi connectivity index (χ1v) is 11.2. The Morgan fingerprint density at radius 3 is 2.47 bits per heavy atom. The molecule has 0 aliphatic carbocycles. The van der Waals surface area contributed by atoms with E-state index in [9.17, 15) is 0 Å². The molecule has 0 amide bonds. The zero-order valence-electron chi connectivity index (χ0n) is 17.7. The molecule has 0 saturated carbocycles. The highest BCUT2D eigenvalue weighted by molar-refractivity contribution is 7.80. The van der Waals surface area contributed by atoms with Gasteiger partial charge in [-0.3, -0.25) is 9.97 Å². The van der Waals surface area contributed by atoms with Gasteiger partial charge in [0.2, 0.25) is 0 Å². The number of anilines is 1. The van der Waals surface area contributed by atoms with Crippen LogP contribution in [0.15, 0.2) is 79.3 Å². The van der Waals surface area contributed by atoms with E-state index < -0.39 is 0 Å². The minimum atomic E-state index is -0.0952. The third kappa shape index (κ3) is 3.55. The van der Waals surface area contributed by atoms with Crippen LogP contribution in [0.5, 0.6) is 0 Å². The predicted molar refractivity (Wildman–Crippen MR) is 132 cm³/mol. The Hall–Kier alpha value is -3.22. The SMILES string of the molecule is Cc1cc([C@H]2[C@@H](c3ccccn3)NC(=S)N2c2ccc(Cl)cc2)c(C)n1-c1cccnc1. The number of aryl methyl sites for hydroxylation is 1. The van der Waals surface area contributed by atoms with Crippen molar-refractivity contribution in [3.8, 4) is 5.69 Å². The van der Waals surface area contributed by atoms with Crippen LogP contribution in [0, 0.1) is 13.8 Å². The molecule has 4 heterocycles. The largest absolute Gasteiger partial charge is 0.351 e. The number of nitrogens with zero attached hydrogens (tertiary/aromatic N) is 4. The fourth-order valence-electron chi connectivity index (χ4n) is 4.52. The van der Waals surface area contributed by atoms with Gasteiger partial charge in [-0.25, -0.2) is 0 Å². The maximum Gasteiger partial charge on any atom is 0.174 e. The fourth-order valence-corrected chi connectivity index (χ4v) is 4.99. The molecule has 1 N–H and O–H groups in total. The van der Waals surface area contributed by atoms with E-state index in [1.165, 1.54) is 5.56 Å². The second-order valence-electron chi connectivity index (χ2n) is 7.85. The van der Waals surface area contributed by atoms with Gasteiger partial charge >= 0.3 is 0 Å². The molecule has 4 aromatic rings. The summed E-state index contributed by atoms with van der Waals surface area (Å²) in [6, 6.07) is 19.9. The van der Waals surface area contributed by atoms with Crippen LogP contribution in [0.3, 0.4) is 0 Å². The van der Waals surface area contributed by atoms with E-state index in [4.69, 9.17) is 23.8 Å². The molecule has 3 aromatic heterocycles. The van der Waals surface area contributed by atoms with Crippen molar-refractivity contribution < 1.29 is 0 Å². The second-order valence-corrected chi connectivity index (χ2v) is 8.67. The van der Waals surface area contributed by atoms with E-state index in [0.717, 1.165) is 28.5 Å². The van der Waals surface area contributed by atoms with Gasteiger partial charge in [0.05, 0.1) is 29.7 Å². The minimum absolute atomic E-state index is 0.0739. The molecule has 5 nitrogen and oxygen atoms in total. The molecule has 0 bridgehead atoms. The van der Waals surface area contributed by atoms with Crippen LogP contribution in [-0.2, 0) is 0 Å². The van der Waals surface area contributed by atoms with E-state index in [1.54, 1.807) is 6.20 Å². The van der Waals surface area contributed by atoms with Crippen LogP contribution >= 0.6 is 23.8 Å². The number of nitrogens with one attached hydrogen (secondary N) is 1. The molecule has 0 spiro atoms. The summed E-state index contributed by atoms with van der Waals surface area (Å²) in [5.74, 6) is 0. The highest BCUT2D eigenvalue weighted by Gasteiger charge is 2.42. The number of aromatic nitrogens is 3. The topological polar surface area (TPSA) is 46.0 Å². The van der Waals surface area contributed by atoms with Crippen molar-refractivity contribution in [2.75, 3.05) is 4.90 Å². The zero-order valence-corrected chi connectivity index (χ0v) is 19.3. The summed E-state index contributed by atoms with van der Waals surface area (Å²) in [5, 5.41) is 4.88. The van der Waals surface area contributed by atoms with E-state index in [2.05, 4.69) is 50.7 Å². The van der Waals surface area contributed by atoms with Crippen molar-refractivity contribution in [3.63, 3.8) is 0 Å². The smallest absolute Gasteiger partial charge is 0.174 e. The lowest BCUT2D eigenvalue weighted by Gasteiger charge is -2.28. The molecule has 1 fully saturated rings. The first-order chi connectivity index (χ1) is 15.5. The average molecular weight is 460 g/mol. The van der Waals surface area contributed by atoms with Crippen LogP contribution in [0.4, 0.5) is 5.69 Å². The van der Waals surface area contributed by atoms with Crippen LogP contribution in [-0.4, -0.2) is 19.6 Å². The molecular weight excluding hydrogens is 438 g/mol. The van der Waals surface area contributed by atoms with Gasteiger partial charge in [0.25, 0.3) is 0 Å². The Balaban J connectivity index is 1.68. The van der Waals surface area contributed by atoms with E-state index in [-0.39, 0.29) is 12.1 Å². The number of rotatable bonds is 4. The Bertz CT molecular complexity index is 1260. The van der Waals surface area contributed by atoms with Gasteiger partial charge in [-0.05, 0) is 86.2 Å².